The molecule has 3 aromatic heterocycles. The van der Waals surface area contributed by atoms with E-state index in [1.807, 2.05) is 37.8 Å². The largest absolute Gasteiger partial charge is 0.348 e. The first-order valence-electron chi connectivity index (χ1n) is 7.97. The first-order valence-corrected chi connectivity index (χ1v) is 7.97. The van der Waals surface area contributed by atoms with E-state index in [1.165, 1.54) is 5.69 Å². The van der Waals surface area contributed by atoms with E-state index in [4.69, 9.17) is 0 Å². The lowest BCUT2D eigenvalue weighted by Crippen LogP contribution is -2.25. The third kappa shape index (κ3) is 2.84. The third-order valence-corrected chi connectivity index (χ3v) is 4.25. The van der Waals surface area contributed by atoms with Gasteiger partial charge in [-0.3, -0.25) is 0 Å². The van der Waals surface area contributed by atoms with Gasteiger partial charge in [-0.05, 0) is 31.0 Å². The standard InChI is InChI=1S/C17H20N6/c1-14-9-18-17(19-10-14)22-7-4-8-23-13-20-15(16(23)12-22)11-21-5-2-3-6-21/h2-3,5-6,9-10,13H,4,7-8,11-12H2,1H3. The summed E-state index contributed by atoms with van der Waals surface area (Å²) in [5, 5.41) is 0. The van der Waals surface area contributed by atoms with Crippen molar-refractivity contribution in [1.82, 2.24) is 24.1 Å². The van der Waals surface area contributed by atoms with E-state index in [-0.39, 0.29) is 0 Å². The zero-order chi connectivity index (χ0) is 15.6. The van der Waals surface area contributed by atoms with Crippen molar-refractivity contribution < 1.29 is 0 Å². The molecule has 4 heterocycles. The van der Waals surface area contributed by atoms with Gasteiger partial charge >= 0.3 is 0 Å². The molecule has 4 rings (SSSR count). The molecule has 1 aliphatic heterocycles. The maximum absolute atomic E-state index is 4.63. The van der Waals surface area contributed by atoms with Gasteiger partial charge in [0.2, 0.25) is 5.95 Å². The van der Waals surface area contributed by atoms with Crippen molar-refractivity contribution in [3.8, 4) is 0 Å². The summed E-state index contributed by atoms with van der Waals surface area (Å²) in [5.74, 6) is 0.803. The monoisotopic (exact) mass is 308 g/mol. The van der Waals surface area contributed by atoms with Gasteiger partial charge in [0, 0.05) is 37.9 Å². The number of hydrogen-bond donors (Lipinski definition) is 0. The van der Waals surface area contributed by atoms with Crippen molar-refractivity contribution in [3.05, 3.63) is 60.2 Å². The summed E-state index contributed by atoms with van der Waals surface area (Å²) in [6, 6.07) is 4.09. The Kier molecular flexibility index (Phi) is 3.57. The summed E-state index contributed by atoms with van der Waals surface area (Å²) >= 11 is 0. The minimum Gasteiger partial charge on any atom is -0.348 e. The zero-order valence-electron chi connectivity index (χ0n) is 13.3. The lowest BCUT2D eigenvalue weighted by atomic mass is 10.3. The van der Waals surface area contributed by atoms with Crippen LogP contribution in [0.25, 0.3) is 0 Å². The molecule has 0 aliphatic carbocycles. The Hall–Kier alpha value is -2.63. The molecule has 0 saturated carbocycles. The van der Waals surface area contributed by atoms with Crippen LogP contribution in [-0.4, -0.2) is 30.6 Å². The Morgan fingerprint density at radius 1 is 1.04 bits per heavy atom. The topological polar surface area (TPSA) is 51.8 Å². The van der Waals surface area contributed by atoms with Gasteiger partial charge in [-0.25, -0.2) is 15.0 Å². The van der Waals surface area contributed by atoms with E-state index in [0.717, 1.165) is 49.8 Å². The molecule has 0 saturated heterocycles. The van der Waals surface area contributed by atoms with Gasteiger partial charge in [0.25, 0.3) is 0 Å². The second kappa shape index (κ2) is 5.87. The van der Waals surface area contributed by atoms with Crippen LogP contribution in [0.1, 0.15) is 23.4 Å². The van der Waals surface area contributed by atoms with Gasteiger partial charge in [0.05, 0.1) is 30.8 Å². The van der Waals surface area contributed by atoms with E-state index in [2.05, 4.69) is 41.4 Å². The molecule has 0 bridgehead atoms. The summed E-state index contributed by atoms with van der Waals surface area (Å²) in [4.78, 5) is 15.9. The number of aryl methyl sites for hydroxylation is 2. The predicted octanol–water partition coefficient (Wildman–Crippen LogP) is 2.24. The summed E-state index contributed by atoms with van der Waals surface area (Å²) < 4.78 is 4.42. The van der Waals surface area contributed by atoms with E-state index in [9.17, 15) is 0 Å². The molecule has 118 valence electrons. The summed E-state index contributed by atoms with van der Waals surface area (Å²) in [7, 11) is 0. The maximum atomic E-state index is 4.63. The summed E-state index contributed by atoms with van der Waals surface area (Å²) in [5.41, 5.74) is 3.47. The fourth-order valence-corrected chi connectivity index (χ4v) is 3.02. The van der Waals surface area contributed by atoms with E-state index < -0.39 is 0 Å². The van der Waals surface area contributed by atoms with Crippen LogP contribution in [0.3, 0.4) is 0 Å². The molecular weight excluding hydrogens is 288 g/mol. The highest BCUT2D eigenvalue weighted by molar-refractivity contribution is 5.33. The van der Waals surface area contributed by atoms with Crippen LogP contribution in [0.5, 0.6) is 0 Å². The summed E-state index contributed by atoms with van der Waals surface area (Å²) in [6.45, 7) is 5.58. The van der Waals surface area contributed by atoms with Gasteiger partial charge in [-0.2, -0.15) is 0 Å². The molecule has 0 radical (unpaired) electrons. The quantitative estimate of drug-likeness (QED) is 0.744. The Morgan fingerprint density at radius 3 is 2.61 bits per heavy atom. The molecular formula is C17H20N6. The van der Waals surface area contributed by atoms with Crippen molar-refractivity contribution in [2.24, 2.45) is 0 Å². The minimum atomic E-state index is 0.803. The van der Waals surface area contributed by atoms with Crippen LogP contribution in [0.15, 0.2) is 43.2 Å². The second-order valence-electron chi connectivity index (χ2n) is 6.02. The average molecular weight is 308 g/mol. The van der Waals surface area contributed by atoms with Crippen LogP contribution in [-0.2, 0) is 19.6 Å². The van der Waals surface area contributed by atoms with Crippen LogP contribution in [0, 0.1) is 6.92 Å². The molecule has 23 heavy (non-hydrogen) atoms. The Morgan fingerprint density at radius 2 is 1.83 bits per heavy atom. The van der Waals surface area contributed by atoms with E-state index in [1.54, 1.807) is 0 Å². The SMILES string of the molecule is Cc1cnc(N2CCCn3cnc(Cn4cccc4)c3C2)nc1. The third-order valence-electron chi connectivity index (χ3n) is 4.25. The smallest absolute Gasteiger partial charge is 0.225 e. The van der Waals surface area contributed by atoms with E-state index >= 15 is 0 Å². The van der Waals surface area contributed by atoms with Crippen molar-refractivity contribution in [3.63, 3.8) is 0 Å². The summed E-state index contributed by atoms with van der Waals surface area (Å²) in [6.07, 6.45) is 10.9. The molecule has 6 heteroatoms. The number of nitrogens with zero attached hydrogens (tertiary/aromatic N) is 6. The normalized spacial score (nSPS) is 14.6. The van der Waals surface area contributed by atoms with Gasteiger partial charge in [0.15, 0.2) is 0 Å². The molecule has 0 N–H and O–H groups in total. The van der Waals surface area contributed by atoms with Crippen molar-refractivity contribution in [2.45, 2.75) is 33.0 Å². The molecule has 0 amide bonds. The Balaban J connectivity index is 1.62. The highest BCUT2D eigenvalue weighted by atomic mass is 15.3. The van der Waals surface area contributed by atoms with Crippen LogP contribution >= 0.6 is 0 Å². The number of hydrogen-bond acceptors (Lipinski definition) is 4. The lowest BCUT2D eigenvalue weighted by Gasteiger charge is -2.20. The zero-order valence-corrected chi connectivity index (χ0v) is 13.3. The molecule has 0 aromatic carbocycles. The molecule has 0 unspecified atom stereocenters. The van der Waals surface area contributed by atoms with Gasteiger partial charge < -0.3 is 14.0 Å². The van der Waals surface area contributed by atoms with Crippen LogP contribution in [0.2, 0.25) is 0 Å². The first-order chi connectivity index (χ1) is 11.3. The Bertz CT molecular complexity index is 772. The lowest BCUT2D eigenvalue weighted by molar-refractivity contribution is 0.657. The Labute approximate surface area is 135 Å². The van der Waals surface area contributed by atoms with Gasteiger partial charge in [0.1, 0.15) is 0 Å². The minimum absolute atomic E-state index is 0.803. The van der Waals surface area contributed by atoms with Crippen molar-refractivity contribution in [2.75, 3.05) is 11.4 Å². The fourth-order valence-electron chi connectivity index (χ4n) is 3.02. The highest BCUT2D eigenvalue weighted by Crippen LogP contribution is 2.20. The molecule has 0 atom stereocenters. The molecule has 0 spiro atoms. The highest BCUT2D eigenvalue weighted by Gasteiger charge is 2.20. The molecule has 6 nitrogen and oxygen atoms in total. The molecule has 0 fully saturated rings. The number of fused-ring (bicyclic) bond motifs is 1. The maximum Gasteiger partial charge on any atom is 0.225 e. The van der Waals surface area contributed by atoms with E-state index in [0.29, 0.717) is 0 Å². The van der Waals surface area contributed by atoms with Gasteiger partial charge in [-0.15, -0.1) is 0 Å². The second-order valence-corrected chi connectivity index (χ2v) is 6.02. The fraction of sp³-hybridized carbons (Fsp3) is 0.353. The average Bonchev–Trinajstić information content (AvgIpc) is 3.14. The number of imidazole rings is 1. The predicted molar refractivity (Wildman–Crippen MR) is 88.2 cm³/mol. The van der Waals surface area contributed by atoms with Crippen LogP contribution in [0.4, 0.5) is 5.95 Å². The number of aromatic nitrogens is 5. The number of rotatable bonds is 3. The number of anilines is 1. The molecule has 3 aromatic rings. The van der Waals surface area contributed by atoms with Gasteiger partial charge in [-0.1, -0.05) is 0 Å². The van der Waals surface area contributed by atoms with Crippen LogP contribution < -0.4 is 4.90 Å². The first kappa shape index (κ1) is 14.0. The van der Waals surface area contributed by atoms with Crippen molar-refractivity contribution in [1.29, 1.82) is 0 Å². The molecule has 1 aliphatic rings. The van der Waals surface area contributed by atoms with Crippen molar-refractivity contribution >= 4 is 5.95 Å².